The molecular weight excluding hydrogens is 296 g/mol. The van der Waals surface area contributed by atoms with E-state index in [-0.39, 0.29) is 12.6 Å². The molecule has 0 fully saturated rings. The molecule has 1 aromatic heterocycles. The van der Waals surface area contributed by atoms with Crippen molar-refractivity contribution in [3.8, 4) is 0 Å². The quantitative estimate of drug-likeness (QED) is 0.942. The van der Waals surface area contributed by atoms with Gasteiger partial charge in [-0.3, -0.25) is 0 Å². The van der Waals surface area contributed by atoms with Gasteiger partial charge in [-0.25, -0.2) is 13.1 Å². The SMILES string of the molecule is CC1=NO[C@@H](CNS(=O)(=O)c2csc3ccccc23)C1. The molecule has 7 heteroatoms. The molecule has 0 aliphatic carbocycles. The van der Waals surface area contributed by atoms with Crippen molar-refractivity contribution in [1.82, 2.24) is 4.72 Å². The van der Waals surface area contributed by atoms with Crippen LogP contribution in [0, 0.1) is 0 Å². The summed E-state index contributed by atoms with van der Waals surface area (Å²) in [6.45, 7) is 2.09. The first-order valence-corrected chi connectivity index (χ1v) is 8.58. The van der Waals surface area contributed by atoms with Crippen LogP contribution >= 0.6 is 11.3 Å². The Morgan fingerprint density at radius 2 is 2.25 bits per heavy atom. The number of sulfonamides is 1. The molecule has 0 amide bonds. The minimum atomic E-state index is -3.52. The van der Waals surface area contributed by atoms with Crippen molar-refractivity contribution in [2.45, 2.75) is 24.3 Å². The highest BCUT2D eigenvalue weighted by Crippen LogP contribution is 2.29. The Morgan fingerprint density at radius 3 is 3.00 bits per heavy atom. The number of nitrogens with one attached hydrogen (secondary N) is 1. The third kappa shape index (κ3) is 2.56. The fourth-order valence-electron chi connectivity index (χ4n) is 2.12. The van der Waals surface area contributed by atoms with Gasteiger partial charge in [0.2, 0.25) is 10.0 Å². The average molecular weight is 310 g/mol. The Kier molecular flexibility index (Phi) is 3.49. The zero-order chi connectivity index (χ0) is 14.2. The Balaban J connectivity index is 1.78. The number of hydrogen-bond acceptors (Lipinski definition) is 5. The zero-order valence-electron chi connectivity index (χ0n) is 10.9. The fraction of sp³-hybridized carbons (Fsp3) is 0.308. The number of rotatable bonds is 4. The molecule has 20 heavy (non-hydrogen) atoms. The standard InChI is InChI=1S/C13H14N2O3S2/c1-9-6-10(18-15-9)7-14-20(16,17)13-8-19-12-5-3-2-4-11(12)13/h2-5,8,10,14H,6-7H2,1H3/t10-/m1/s1. The molecule has 3 rings (SSSR count). The van der Waals surface area contributed by atoms with Crippen LogP contribution in [0.15, 0.2) is 39.7 Å². The van der Waals surface area contributed by atoms with Gasteiger partial charge in [0.1, 0.15) is 11.0 Å². The highest BCUT2D eigenvalue weighted by molar-refractivity contribution is 7.90. The highest BCUT2D eigenvalue weighted by atomic mass is 32.2. The number of benzene rings is 1. The van der Waals surface area contributed by atoms with Crippen LogP contribution in [0.5, 0.6) is 0 Å². The predicted molar refractivity (Wildman–Crippen MR) is 79.6 cm³/mol. The molecule has 106 valence electrons. The van der Waals surface area contributed by atoms with Crippen LogP contribution in [-0.2, 0) is 14.9 Å². The first-order valence-electron chi connectivity index (χ1n) is 6.21. The van der Waals surface area contributed by atoms with Crippen molar-refractivity contribution in [2.24, 2.45) is 5.16 Å². The summed E-state index contributed by atoms with van der Waals surface area (Å²) in [4.78, 5) is 5.46. The Morgan fingerprint density at radius 1 is 1.45 bits per heavy atom. The fourth-order valence-corrected chi connectivity index (χ4v) is 4.69. The second-order valence-corrected chi connectivity index (χ2v) is 7.35. The summed E-state index contributed by atoms with van der Waals surface area (Å²) in [7, 11) is -3.52. The summed E-state index contributed by atoms with van der Waals surface area (Å²) in [6, 6.07) is 7.47. The molecule has 2 aromatic rings. The largest absolute Gasteiger partial charge is 0.391 e. The topological polar surface area (TPSA) is 67.8 Å². The maximum atomic E-state index is 12.3. The number of oxime groups is 1. The van der Waals surface area contributed by atoms with Crippen molar-refractivity contribution >= 4 is 37.2 Å². The van der Waals surface area contributed by atoms with Gasteiger partial charge in [0.25, 0.3) is 0 Å². The first kappa shape index (κ1) is 13.5. The van der Waals surface area contributed by atoms with Gasteiger partial charge in [0, 0.05) is 21.9 Å². The molecule has 0 radical (unpaired) electrons. The number of nitrogens with zero attached hydrogens (tertiary/aromatic N) is 1. The van der Waals surface area contributed by atoms with Crippen molar-refractivity contribution in [1.29, 1.82) is 0 Å². The monoisotopic (exact) mass is 310 g/mol. The van der Waals surface area contributed by atoms with Gasteiger partial charge in [-0.05, 0) is 13.0 Å². The minimum absolute atomic E-state index is 0.213. The van der Waals surface area contributed by atoms with Gasteiger partial charge >= 0.3 is 0 Å². The summed E-state index contributed by atoms with van der Waals surface area (Å²) < 4.78 is 28.3. The molecule has 2 heterocycles. The van der Waals surface area contributed by atoms with E-state index in [9.17, 15) is 8.42 Å². The van der Waals surface area contributed by atoms with Crippen molar-refractivity contribution in [2.75, 3.05) is 6.54 Å². The second-order valence-electron chi connectivity index (χ2n) is 4.71. The van der Waals surface area contributed by atoms with Crippen LogP contribution in [0.25, 0.3) is 10.1 Å². The van der Waals surface area contributed by atoms with Gasteiger partial charge < -0.3 is 4.84 Å². The third-order valence-electron chi connectivity index (χ3n) is 3.12. The molecule has 0 saturated heterocycles. The number of thiophene rings is 1. The third-order valence-corrected chi connectivity index (χ3v) is 5.69. The molecular formula is C13H14N2O3S2. The summed E-state index contributed by atoms with van der Waals surface area (Å²) in [6.07, 6.45) is 0.446. The molecule has 0 spiro atoms. The van der Waals surface area contributed by atoms with E-state index in [1.54, 1.807) is 5.38 Å². The van der Waals surface area contributed by atoms with Crippen LogP contribution in [0.2, 0.25) is 0 Å². The summed E-state index contributed by atoms with van der Waals surface area (Å²) >= 11 is 1.43. The van der Waals surface area contributed by atoms with Gasteiger partial charge in [0.05, 0.1) is 12.3 Å². The van der Waals surface area contributed by atoms with Gasteiger partial charge in [-0.2, -0.15) is 0 Å². The average Bonchev–Trinajstić information content (AvgIpc) is 3.03. The molecule has 1 aliphatic rings. The second kappa shape index (κ2) is 5.16. The van der Waals surface area contributed by atoms with E-state index in [0.29, 0.717) is 11.3 Å². The van der Waals surface area contributed by atoms with E-state index in [2.05, 4.69) is 9.88 Å². The van der Waals surface area contributed by atoms with E-state index >= 15 is 0 Å². The van der Waals surface area contributed by atoms with E-state index in [1.807, 2.05) is 31.2 Å². The molecule has 0 unspecified atom stereocenters. The van der Waals surface area contributed by atoms with Gasteiger partial charge in [-0.15, -0.1) is 11.3 Å². The summed E-state index contributed by atoms with van der Waals surface area (Å²) in [5.41, 5.74) is 0.884. The van der Waals surface area contributed by atoms with E-state index < -0.39 is 10.0 Å². The van der Waals surface area contributed by atoms with Crippen molar-refractivity contribution < 1.29 is 13.3 Å². The van der Waals surface area contributed by atoms with Crippen LogP contribution in [-0.4, -0.2) is 26.8 Å². The molecule has 0 bridgehead atoms. The van der Waals surface area contributed by atoms with Crippen LogP contribution in [0.4, 0.5) is 0 Å². The Labute approximate surface area is 121 Å². The van der Waals surface area contributed by atoms with E-state index in [0.717, 1.165) is 15.8 Å². The smallest absolute Gasteiger partial charge is 0.242 e. The first-order chi connectivity index (χ1) is 9.56. The Hall–Kier alpha value is -1.44. The highest BCUT2D eigenvalue weighted by Gasteiger charge is 2.23. The van der Waals surface area contributed by atoms with Crippen LogP contribution < -0.4 is 4.72 Å². The predicted octanol–water partition coefficient (Wildman–Crippen LogP) is 2.34. The molecule has 1 aliphatic heterocycles. The van der Waals surface area contributed by atoms with Crippen molar-refractivity contribution in [3.63, 3.8) is 0 Å². The lowest BCUT2D eigenvalue weighted by atomic mass is 10.2. The van der Waals surface area contributed by atoms with Gasteiger partial charge in [0.15, 0.2) is 0 Å². The summed E-state index contributed by atoms with van der Waals surface area (Å²) in [5.74, 6) is 0. The maximum absolute atomic E-state index is 12.3. The number of hydrogen-bond donors (Lipinski definition) is 1. The lowest BCUT2D eigenvalue weighted by Crippen LogP contribution is -2.32. The van der Waals surface area contributed by atoms with Crippen LogP contribution in [0.1, 0.15) is 13.3 Å². The normalized spacial score (nSPS) is 19.1. The molecule has 0 saturated carbocycles. The number of fused-ring (bicyclic) bond motifs is 1. The van der Waals surface area contributed by atoms with Gasteiger partial charge in [-0.1, -0.05) is 23.4 Å². The summed E-state index contributed by atoms with van der Waals surface area (Å²) in [5, 5.41) is 6.24. The lowest BCUT2D eigenvalue weighted by Gasteiger charge is -2.10. The van der Waals surface area contributed by atoms with Crippen molar-refractivity contribution in [3.05, 3.63) is 29.6 Å². The van der Waals surface area contributed by atoms with Crippen LogP contribution in [0.3, 0.4) is 0 Å². The molecule has 5 nitrogen and oxygen atoms in total. The molecule has 1 N–H and O–H groups in total. The maximum Gasteiger partial charge on any atom is 0.242 e. The minimum Gasteiger partial charge on any atom is -0.391 e. The Bertz CT molecular complexity index is 765. The molecule has 1 aromatic carbocycles. The van der Waals surface area contributed by atoms with E-state index in [4.69, 9.17) is 4.84 Å². The zero-order valence-corrected chi connectivity index (χ0v) is 12.5. The van der Waals surface area contributed by atoms with E-state index in [1.165, 1.54) is 11.3 Å². The lowest BCUT2D eigenvalue weighted by molar-refractivity contribution is 0.0891. The molecule has 1 atom stereocenters.